The maximum absolute atomic E-state index is 13.6. The fourth-order valence-electron chi connectivity index (χ4n) is 1.98. The van der Waals surface area contributed by atoms with Crippen LogP contribution in [0.5, 0.6) is 0 Å². The second-order valence-electron chi connectivity index (χ2n) is 4.56. The molecule has 0 saturated carbocycles. The lowest BCUT2D eigenvalue weighted by atomic mass is 10.0. The summed E-state index contributed by atoms with van der Waals surface area (Å²) >= 11 is 4.77. The molecule has 0 aliphatic rings. The Kier molecular flexibility index (Phi) is 4.88. The molecule has 20 heavy (non-hydrogen) atoms. The van der Waals surface area contributed by atoms with Gasteiger partial charge in [-0.15, -0.1) is 11.3 Å². The highest BCUT2D eigenvalue weighted by Crippen LogP contribution is 2.30. The molecule has 1 unspecified atom stereocenters. The van der Waals surface area contributed by atoms with Crippen molar-refractivity contribution in [2.24, 2.45) is 0 Å². The molecular formula is C14H15BrF2N2S. The number of halogens is 3. The van der Waals surface area contributed by atoms with Gasteiger partial charge in [0.1, 0.15) is 0 Å². The Morgan fingerprint density at radius 2 is 2.05 bits per heavy atom. The summed E-state index contributed by atoms with van der Waals surface area (Å²) in [7, 11) is 1.80. The van der Waals surface area contributed by atoms with Crippen molar-refractivity contribution in [2.75, 3.05) is 7.05 Å². The molecule has 2 aromatic rings. The Labute approximate surface area is 129 Å². The van der Waals surface area contributed by atoms with Crippen molar-refractivity contribution in [1.82, 2.24) is 10.3 Å². The molecule has 1 heterocycles. The quantitative estimate of drug-likeness (QED) is 0.822. The monoisotopic (exact) mass is 360 g/mol. The van der Waals surface area contributed by atoms with E-state index in [1.165, 1.54) is 4.88 Å². The molecule has 6 heteroatoms. The van der Waals surface area contributed by atoms with Crippen LogP contribution in [0.3, 0.4) is 0 Å². The third-order valence-electron chi connectivity index (χ3n) is 3.24. The van der Waals surface area contributed by atoms with Crippen LogP contribution in [-0.2, 0) is 6.42 Å². The van der Waals surface area contributed by atoms with Crippen LogP contribution in [0.15, 0.2) is 16.6 Å². The van der Waals surface area contributed by atoms with E-state index in [-0.39, 0.29) is 10.5 Å². The first-order chi connectivity index (χ1) is 9.43. The van der Waals surface area contributed by atoms with Gasteiger partial charge >= 0.3 is 0 Å². The third kappa shape index (κ3) is 3.07. The van der Waals surface area contributed by atoms with Crippen LogP contribution in [-0.4, -0.2) is 12.0 Å². The van der Waals surface area contributed by atoms with E-state index in [0.29, 0.717) is 12.0 Å². The molecule has 108 valence electrons. The Hall–Kier alpha value is -0.850. The Bertz CT molecular complexity index is 608. The van der Waals surface area contributed by atoms with Crippen LogP contribution in [0.1, 0.15) is 27.2 Å². The van der Waals surface area contributed by atoms with E-state index in [0.717, 1.165) is 16.8 Å². The standard InChI is InChI=1S/C14H15BrF2N2S/c1-7-8(2)20-12(19-7)6-11(18-3)9-4-5-10(16)14(17)13(9)15/h4-5,11,18H,6H2,1-3H3. The largest absolute Gasteiger partial charge is 0.313 e. The molecule has 0 spiro atoms. The molecule has 1 aromatic carbocycles. The molecule has 0 bridgehead atoms. The molecule has 0 aliphatic heterocycles. The summed E-state index contributed by atoms with van der Waals surface area (Å²) in [6.07, 6.45) is 0.638. The van der Waals surface area contributed by atoms with E-state index in [9.17, 15) is 8.78 Å². The molecule has 1 aromatic heterocycles. The van der Waals surface area contributed by atoms with Crippen LogP contribution >= 0.6 is 27.3 Å². The summed E-state index contributed by atoms with van der Waals surface area (Å²) in [5, 5.41) is 4.11. The minimum absolute atomic E-state index is 0.121. The highest BCUT2D eigenvalue weighted by molar-refractivity contribution is 9.10. The number of likely N-dealkylation sites (N-methyl/N-ethyl adjacent to an activating group) is 1. The molecule has 0 saturated heterocycles. The second-order valence-corrected chi connectivity index (χ2v) is 6.64. The molecule has 1 atom stereocenters. The maximum Gasteiger partial charge on any atom is 0.173 e. The smallest absolute Gasteiger partial charge is 0.173 e. The lowest BCUT2D eigenvalue weighted by Crippen LogP contribution is -2.19. The summed E-state index contributed by atoms with van der Waals surface area (Å²) in [4.78, 5) is 5.67. The molecule has 1 N–H and O–H groups in total. The van der Waals surface area contributed by atoms with Gasteiger partial charge in [-0.2, -0.15) is 0 Å². The van der Waals surface area contributed by atoms with E-state index < -0.39 is 11.6 Å². The van der Waals surface area contributed by atoms with Crippen molar-refractivity contribution in [3.05, 3.63) is 49.4 Å². The van der Waals surface area contributed by atoms with Gasteiger partial charge < -0.3 is 5.32 Å². The van der Waals surface area contributed by atoms with Gasteiger partial charge in [0.25, 0.3) is 0 Å². The summed E-state index contributed by atoms with van der Waals surface area (Å²) < 4.78 is 27.0. The number of aryl methyl sites for hydroxylation is 2. The fourth-order valence-corrected chi connectivity index (χ4v) is 3.56. The number of hydrogen-bond donors (Lipinski definition) is 1. The van der Waals surface area contributed by atoms with Crippen LogP contribution in [0, 0.1) is 25.5 Å². The van der Waals surface area contributed by atoms with Gasteiger partial charge in [-0.25, -0.2) is 13.8 Å². The van der Waals surface area contributed by atoms with E-state index in [1.807, 2.05) is 13.8 Å². The zero-order valence-electron chi connectivity index (χ0n) is 11.4. The van der Waals surface area contributed by atoms with Crippen molar-refractivity contribution in [1.29, 1.82) is 0 Å². The number of nitrogens with one attached hydrogen (secondary N) is 1. The Morgan fingerprint density at radius 1 is 1.35 bits per heavy atom. The average molecular weight is 361 g/mol. The Morgan fingerprint density at radius 3 is 2.60 bits per heavy atom. The number of aromatic nitrogens is 1. The zero-order valence-corrected chi connectivity index (χ0v) is 13.8. The number of rotatable bonds is 4. The summed E-state index contributed by atoms with van der Waals surface area (Å²) in [6, 6.07) is 2.62. The maximum atomic E-state index is 13.6. The fraction of sp³-hybridized carbons (Fsp3) is 0.357. The summed E-state index contributed by atoms with van der Waals surface area (Å²) in [6.45, 7) is 4.00. The predicted molar refractivity (Wildman–Crippen MR) is 81.2 cm³/mol. The van der Waals surface area contributed by atoms with Crippen molar-refractivity contribution in [2.45, 2.75) is 26.3 Å². The molecule has 0 fully saturated rings. The van der Waals surface area contributed by atoms with Gasteiger partial charge in [0, 0.05) is 17.3 Å². The van der Waals surface area contributed by atoms with Crippen molar-refractivity contribution in [3.8, 4) is 0 Å². The third-order valence-corrected chi connectivity index (χ3v) is 5.14. The number of benzene rings is 1. The lowest BCUT2D eigenvalue weighted by Gasteiger charge is -2.17. The van der Waals surface area contributed by atoms with Crippen LogP contribution in [0.2, 0.25) is 0 Å². The van der Waals surface area contributed by atoms with Gasteiger partial charge in [-0.05, 0) is 48.5 Å². The Balaban J connectivity index is 2.31. The van der Waals surface area contributed by atoms with Crippen molar-refractivity contribution in [3.63, 3.8) is 0 Å². The molecule has 2 rings (SSSR count). The number of thiazole rings is 1. The SMILES string of the molecule is CNC(Cc1nc(C)c(C)s1)c1ccc(F)c(F)c1Br. The van der Waals surface area contributed by atoms with Gasteiger partial charge in [0.15, 0.2) is 11.6 Å². The van der Waals surface area contributed by atoms with Gasteiger partial charge in [0.05, 0.1) is 15.2 Å². The van der Waals surface area contributed by atoms with Crippen LogP contribution < -0.4 is 5.32 Å². The topological polar surface area (TPSA) is 24.9 Å². The first-order valence-corrected chi connectivity index (χ1v) is 7.78. The van der Waals surface area contributed by atoms with Crippen LogP contribution in [0.25, 0.3) is 0 Å². The minimum atomic E-state index is -0.853. The first kappa shape index (κ1) is 15.5. The van der Waals surface area contributed by atoms with Gasteiger partial charge in [-0.3, -0.25) is 0 Å². The minimum Gasteiger partial charge on any atom is -0.313 e. The van der Waals surface area contributed by atoms with E-state index in [4.69, 9.17) is 0 Å². The summed E-state index contributed by atoms with van der Waals surface area (Å²) in [5.41, 5.74) is 1.71. The highest BCUT2D eigenvalue weighted by Gasteiger charge is 2.19. The number of nitrogens with zero attached hydrogens (tertiary/aromatic N) is 1. The van der Waals surface area contributed by atoms with E-state index in [1.54, 1.807) is 24.5 Å². The summed E-state index contributed by atoms with van der Waals surface area (Å²) in [5.74, 6) is -1.70. The number of hydrogen-bond acceptors (Lipinski definition) is 3. The molecule has 0 amide bonds. The van der Waals surface area contributed by atoms with E-state index >= 15 is 0 Å². The van der Waals surface area contributed by atoms with Crippen molar-refractivity contribution >= 4 is 27.3 Å². The normalized spacial score (nSPS) is 12.7. The first-order valence-electron chi connectivity index (χ1n) is 6.17. The zero-order chi connectivity index (χ0) is 14.9. The molecule has 0 aliphatic carbocycles. The molecule has 2 nitrogen and oxygen atoms in total. The van der Waals surface area contributed by atoms with E-state index in [2.05, 4.69) is 26.2 Å². The average Bonchev–Trinajstić information content (AvgIpc) is 2.73. The predicted octanol–water partition coefficient (Wildman–Crippen LogP) is 4.30. The highest BCUT2D eigenvalue weighted by atomic mass is 79.9. The molecule has 0 radical (unpaired) electrons. The van der Waals surface area contributed by atoms with Gasteiger partial charge in [-0.1, -0.05) is 6.07 Å². The molecular weight excluding hydrogens is 346 g/mol. The van der Waals surface area contributed by atoms with Crippen molar-refractivity contribution < 1.29 is 8.78 Å². The second kappa shape index (κ2) is 6.28. The van der Waals surface area contributed by atoms with Crippen LogP contribution in [0.4, 0.5) is 8.78 Å². The van der Waals surface area contributed by atoms with Gasteiger partial charge in [0.2, 0.25) is 0 Å². The lowest BCUT2D eigenvalue weighted by molar-refractivity contribution is 0.495.